The number of fused-ring (bicyclic) bond motifs is 1. The van der Waals surface area contributed by atoms with Crippen molar-refractivity contribution >= 4 is 11.8 Å². The van der Waals surface area contributed by atoms with Crippen molar-refractivity contribution in [2.24, 2.45) is 17.8 Å². The van der Waals surface area contributed by atoms with Gasteiger partial charge in [0.05, 0.1) is 37.1 Å². The van der Waals surface area contributed by atoms with E-state index in [0.29, 0.717) is 0 Å². The van der Waals surface area contributed by atoms with Gasteiger partial charge in [-0.1, -0.05) is 19.9 Å². The van der Waals surface area contributed by atoms with Crippen LogP contribution in [0.2, 0.25) is 0 Å². The van der Waals surface area contributed by atoms with Crippen LogP contribution in [0.5, 0.6) is 0 Å². The molecule has 4 aliphatic rings. The van der Waals surface area contributed by atoms with E-state index in [1.54, 1.807) is 46.8 Å². The summed E-state index contributed by atoms with van der Waals surface area (Å²) in [5.74, 6) is -2.84. The SMILES string of the molecule is CO[C@@H]1[C@H](O)[C@@H](C)O[C@@H](OCC2C(C)OC(=O)/C=C\C(C)C(O[C@@H]3O[C@H](C)C[C@](O)([C@H](C)O)[C@H]3O)C(C)CC(C)(O)C(=O)/C=C/C3OC32)[C@@H]1OC. The Labute approximate surface area is 299 Å². The Balaban J connectivity index is 1.57. The van der Waals surface area contributed by atoms with Gasteiger partial charge in [-0.25, -0.2) is 4.79 Å². The Morgan fingerprint density at radius 3 is 2.18 bits per heavy atom. The zero-order valence-electron chi connectivity index (χ0n) is 31.0. The quantitative estimate of drug-likeness (QED) is 0.171. The number of aliphatic hydroxyl groups is 5. The number of hydrogen-bond donors (Lipinski definition) is 5. The lowest BCUT2D eigenvalue weighted by Gasteiger charge is -2.47. The number of esters is 1. The normalized spacial score (nSPS) is 49.0. The predicted octanol–water partition coefficient (Wildman–Crippen LogP) is 0.555. The Morgan fingerprint density at radius 2 is 1.55 bits per heavy atom. The number of ether oxygens (including phenoxy) is 8. The molecule has 15 heteroatoms. The molecule has 15 nitrogen and oxygen atoms in total. The average molecular weight is 731 g/mol. The van der Waals surface area contributed by atoms with Crippen LogP contribution in [0.25, 0.3) is 0 Å². The Hall–Kier alpha value is -1.86. The number of carbonyl (C=O) groups excluding carboxylic acids is 2. The summed E-state index contributed by atoms with van der Waals surface area (Å²) in [5.41, 5.74) is -3.74. The molecule has 0 bridgehead atoms. The van der Waals surface area contributed by atoms with E-state index in [-0.39, 0.29) is 19.4 Å². The lowest BCUT2D eigenvalue weighted by molar-refractivity contribution is -0.322. The number of aliphatic hydroxyl groups excluding tert-OH is 3. The molecule has 4 rings (SSSR count). The molecule has 3 fully saturated rings. The number of hydrogen-bond acceptors (Lipinski definition) is 15. The standard InChI is InChI=1S/C36H58O15/c1-17-10-13-26(39)48-20(4)23(16-46-33-31(45-9)30(44-8)27(40)21(5)49-33)29-24(50-29)11-12-25(38)35(7,42)14-18(2)28(17)51-34-32(41)36(43,22(6)37)15-19(3)47-34/h10-13,17-24,27-34,37,40-43H,14-16H2,1-9H3/b12-11+,13-10-/t17?,18?,19-,20?,21-,22+,23?,24?,27-,28?,29?,30-,31-,32+,33-,34+,35?,36+/m1/s1. The number of methoxy groups -OCH3 is 2. The van der Waals surface area contributed by atoms with E-state index < -0.39 is 120 Å². The van der Waals surface area contributed by atoms with Crippen LogP contribution in [0.4, 0.5) is 0 Å². The minimum absolute atomic E-state index is 0.00657. The smallest absolute Gasteiger partial charge is 0.330 e. The lowest BCUT2D eigenvalue weighted by Crippen LogP contribution is -2.63. The highest BCUT2D eigenvalue weighted by Gasteiger charge is 2.53. The summed E-state index contributed by atoms with van der Waals surface area (Å²) in [6.45, 7) is 11.4. The van der Waals surface area contributed by atoms with Gasteiger partial charge in [0.1, 0.15) is 47.8 Å². The molecule has 0 saturated carbocycles. The second kappa shape index (κ2) is 17.1. The highest BCUT2D eigenvalue weighted by molar-refractivity contribution is 5.96. The summed E-state index contributed by atoms with van der Waals surface area (Å²) in [6, 6.07) is 0. The summed E-state index contributed by atoms with van der Waals surface area (Å²) in [6.07, 6.45) is -5.88. The zero-order chi connectivity index (χ0) is 38.0. The highest BCUT2D eigenvalue weighted by atomic mass is 16.7. The molecule has 0 amide bonds. The van der Waals surface area contributed by atoms with E-state index in [4.69, 9.17) is 37.9 Å². The summed E-state index contributed by atoms with van der Waals surface area (Å²) >= 11 is 0. The summed E-state index contributed by atoms with van der Waals surface area (Å²) < 4.78 is 46.9. The first-order chi connectivity index (χ1) is 23.8. The highest BCUT2D eigenvalue weighted by Crippen LogP contribution is 2.38. The van der Waals surface area contributed by atoms with Crippen LogP contribution in [-0.2, 0) is 47.5 Å². The first-order valence-corrected chi connectivity index (χ1v) is 17.7. The fraction of sp³-hybridized carbons (Fsp3) is 0.833. The molecule has 8 unspecified atom stereocenters. The molecule has 0 aliphatic carbocycles. The molecule has 0 spiro atoms. The molecular formula is C36H58O15. The van der Waals surface area contributed by atoms with Crippen molar-refractivity contribution in [3.63, 3.8) is 0 Å². The second-order valence-electron chi connectivity index (χ2n) is 14.9. The van der Waals surface area contributed by atoms with Gasteiger partial charge in [-0.2, -0.15) is 0 Å². The first kappa shape index (κ1) is 41.9. The van der Waals surface area contributed by atoms with Crippen molar-refractivity contribution in [2.45, 2.75) is 152 Å². The van der Waals surface area contributed by atoms with Crippen LogP contribution in [0.1, 0.15) is 61.3 Å². The van der Waals surface area contributed by atoms with Crippen LogP contribution in [0.15, 0.2) is 24.3 Å². The summed E-state index contributed by atoms with van der Waals surface area (Å²) in [4.78, 5) is 26.5. The fourth-order valence-electron chi connectivity index (χ4n) is 7.46. The molecule has 0 radical (unpaired) electrons. The fourth-order valence-corrected chi connectivity index (χ4v) is 7.46. The van der Waals surface area contributed by atoms with Gasteiger partial charge in [0.25, 0.3) is 0 Å². The van der Waals surface area contributed by atoms with Crippen LogP contribution < -0.4 is 0 Å². The second-order valence-corrected chi connectivity index (χ2v) is 14.9. The van der Waals surface area contributed by atoms with Crippen molar-refractivity contribution in [3.8, 4) is 0 Å². The van der Waals surface area contributed by atoms with Gasteiger partial charge in [-0.05, 0) is 59.1 Å². The number of rotatable bonds is 8. The third-order valence-electron chi connectivity index (χ3n) is 10.7. The van der Waals surface area contributed by atoms with Gasteiger partial charge >= 0.3 is 5.97 Å². The van der Waals surface area contributed by atoms with E-state index in [1.807, 2.05) is 0 Å². The molecule has 0 aromatic rings. The van der Waals surface area contributed by atoms with Crippen molar-refractivity contribution < 1.29 is 73.0 Å². The number of carbonyl (C=O) groups is 2. The number of cyclic esters (lactones) is 1. The zero-order valence-corrected chi connectivity index (χ0v) is 31.0. The maximum Gasteiger partial charge on any atom is 0.330 e. The minimum Gasteiger partial charge on any atom is -0.459 e. The van der Waals surface area contributed by atoms with E-state index in [0.717, 1.165) is 0 Å². The van der Waals surface area contributed by atoms with Crippen LogP contribution in [0.3, 0.4) is 0 Å². The van der Waals surface area contributed by atoms with Crippen molar-refractivity contribution in [2.75, 3.05) is 20.8 Å². The average Bonchev–Trinajstić information content (AvgIpc) is 3.82. The van der Waals surface area contributed by atoms with Gasteiger partial charge in [-0.15, -0.1) is 0 Å². The molecule has 18 atom stereocenters. The Kier molecular flexibility index (Phi) is 14.0. The molecular weight excluding hydrogens is 672 g/mol. The lowest BCUT2D eigenvalue weighted by atomic mass is 9.81. The van der Waals surface area contributed by atoms with Crippen molar-refractivity contribution in [1.29, 1.82) is 0 Å². The molecule has 5 N–H and O–H groups in total. The third-order valence-corrected chi connectivity index (χ3v) is 10.7. The molecule has 292 valence electrons. The number of ketones is 1. The molecule has 4 heterocycles. The van der Waals surface area contributed by atoms with Crippen molar-refractivity contribution in [1.82, 2.24) is 0 Å². The largest absolute Gasteiger partial charge is 0.459 e. The van der Waals surface area contributed by atoms with Crippen LogP contribution >= 0.6 is 0 Å². The molecule has 0 aromatic heterocycles. The van der Waals surface area contributed by atoms with Crippen LogP contribution in [-0.4, -0.2) is 149 Å². The Morgan fingerprint density at radius 1 is 0.882 bits per heavy atom. The summed E-state index contributed by atoms with van der Waals surface area (Å²) in [7, 11) is 2.91. The predicted molar refractivity (Wildman–Crippen MR) is 179 cm³/mol. The molecule has 3 saturated heterocycles. The third kappa shape index (κ3) is 9.63. The van der Waals surface area contributed by atoms with E-state index in [2.05, 4.69) is 0 Å². The summed E-state index contributed by atoms with van der Waals surface area (Å²) in [5, 5.41) is 54.4. The maximum absolute atomic E-state index is 13.3. The minimum atomic E-state index is -1.91. The maximum atomic E-state index is 13.3. The van der Waals surface area contributed by atoms with E-state index >= 15 is 0 Å². The van der Waals surface area contributed by atoms with E-state index in [9.17, 15) is 35.1 Å². The monoisotopic (exact) mass is 730 g/mol. The van der Waals surface area contributed by atoms with Crippen molar-refractivity contribution in [3.05, 3.63) is 24.3 Å². The first-order valence-electron chi connectivity index (χ1n) is 17.7. The van der Waals surface area contributed by atoms with E-state index in [1.165, 1.54) is 40.2 Å². The Bertz CT molecular complexity index is 1240. The molecule has 4 aliphatic heterocycles. The van der Waals surface area contributed by atoms with Gasteiger partial charge in [0, 0.05) is 38.6 Å². The molecule has 0 aromatic carbocycles. The van der Waals surface area contributed by atoms with Gasteiger partial charge in [0.15, 0.2) is 18.4 Å². The van der Waals surface area contributed by atoms with Gasteiger partial charge in [0.2, 0.25) is 0 Å². The molecule has 51 heavy (non-hydrogen) atoms. The topological polar surface area (TPSA) is 212 Å². The van der Waals surface area contributed by atoms with Crippen LogP contribution in [0, 0.1) is 17.8 Å². The van der Waals surface area contributed by atoms with Gasteiger partial charge < -0.3 is 63.4 Å². The number of epoxide rings is 1. The van der Waals surface area contributed by atoms with Gasteiger partial charge in [-0.3, -0.25) is 4.79 Å².